The van der Waals surface area contributed by atoms with Crippen LogP contribution in [-0.4, -0.2) is 36.5 Å². The topological polar surface area (TPSA) is 87.7 Å². The van der Waals surface area contributed by atoms with E-state index >= 15 is 0 Å². The summed E-state index contributed by atoms with van der Waals surface area (Å²) in [5, 5.41) is 6.30. The minimum absolute atomic E-state index is 0.276. The number of nitrogens with one attached hydrogen (secondary N) is 2. The van der Waals surface area contributed by atoms with Gasteiger partial charge in [0.2, 0.25) is 0 Å². The van der Waals surface area contributed by atoms with Crippen LogP contribution in [-0.2, 0) is 9.53 Å². The number of halogens is 2. The second-order valence-electron chi connectivity index (χ2n) is 7.23. The van der Waals surface area contributed by atoms with Gasteiger partial charge < -0.3 is 15.4 Å². The first-order valence-electron chi connectivity index (χ1n) is 10.00. The monoisotopic (exact) mass is 475 g/mol. The highest BCUT2D eigenvalue weighted by Crippen LogP contribution is 2.32. The maximum absolute atomic E-state index is 12.7. The van der Waals surface area contributed by atoms with Crippen LogP contribution < -0.4 is 10.6 Å². The van der Waals surface area contributed by atoms with Crippen molar-refractivity contribution in [1.82, 2.24) is 10.2 Å². The van der Waals surface area contributed by atoms with E-state index in [4.69, 9.17) is 27.9 Å². The molecule has 0 aliphatic carbocycles. The highest BCUT2D eigenvalue weighted by Gasteiger charge is 2.36. The Balaban J connectivity index is 1.93. The number of ether oxygens (including phenoxy) is 1. The first-order valence-corrected chi connectivity index (χ1v) is 10.8. The van der Waals surface area contributed by atoms with Crippen molar-refractivity contribution in [2.45, 2.75) is 26.3 Å². The quantitative estimate of drug-likeness (QED) is 0.564. The number of nitrogens with zero attached hydrogens (tertiary/aromatic N) is 1. The number of allylic oxidation sites excluding steroid dienone is 1. The Bertz CT molecular complexity index is 1100. The normalized spacial score (nSPS) is 16.0. The third kappa shape index (κ3) is 4.89. The number of esters is 1. The van der Waals surface area contributed by atoms with Gasteiger partial charge in [-0.15, -0.1) is 0 Å². The van der Waals surface area contributed by atoms with Gasteiger partial charge in [-0.2, -0.15) is 0 Å². The number of benzene rings is 2. The maximum atomic E-state index is 12.7. The zero-order valence-corrected chi connectivity index (χ0v) is 19.4. The van der Waals surface area contributed by atoms with E-state index in [0.29, 0.717) is 39.7 Å². The van der Waals surface area contributed by atoms with Gasteiger partial charge in [0.25, 0.3) is 5.91 Å². The molecular weight excluding hydrogens is 453 g/mol. The Kier molecular flexibility index (Phi) is 7.43. The van der Waals surface area contributed by atoms with Crippen molar-refractivity contribution >= 4 is 46.8 Å². The third-order valence-corrected chi connectivity index (χ3v) is 5.85. The predicted octanol–water partition coefficient (Wildman–Crippen LogP) is 5.17. The fraction of sp³-hybridized carbons (Fsp3) is 0.261. The van der Waals surface area contributed by atoms with Gasteiger partial charge in [0.05, 0.1) is 28.8 Å². The molecule has 2 N–H and O–H groups in total. The lowest BCUT2D eigenvalue weighted by Crippen LogP contribution is -2.48. The minimum Gasteiger partial charge on any atom is -0.466 e. The summed E-state index contributed by atoms with van der Waals surface area (Å²) in [6.45, 7) is 4.15. The summed E-state index contributed by atoms with van der Waals surface area (Å²) in [6.07, 6.45) is 0.736. The van der Waals surface area contributed by atoms with Crippen LogP contribution in [0.4, 0.5) is 10.5 Å². The minimum atomic E-state index is -0.718. The van der Waals surface area contributed by atoms with Gasteiger partial charge in [0.1, 0.15) is 0 Å². The van der Waals surface area contributed by atoms with Crippen LogP contribution >= 0.6 is 23.2 Å². The number of anilines is 1. The lowest BCUT2D eigenvalue weighted by Gasteiger charge is -2.35. The zero-order chi connectivity index (χ0) is 23.4. The molecular formula is C23H23Cl2N3O4. The number of urea groups is 1. The molecule has 0 bridgehead atoms. The number of rotatable bonds is 6. The SMILES string of the molecule is CCCN1C(=O)N[C@@H](c2cccc(NC(=O)c3ccc(Cl)c(Cl)c3)c2)C(C(=O)OC)=C1C. The molecule has 2 aromatic carbocycles. The van der Waals surface area contributed by atoms with Gasteiger partial charge in [-0.25, -0.2) is 9.59 Å². The number of carbonyl (C=O) groups excluding carboxylic acids is 3. The molecule has 1 aliphatic heterocycles. The first-order chi connectivity index (χ1) is 15.3. The summed E-state index contributed by atoms with van der Waals surface area (Å²) >= 11 is 11.9. The van der Waals surface area contributed by atoms with Gasteiger partial charge in [-0.3, -0.25) is 9.69 Å². The molecule has 3 rings (SSSR count). The van der Waals surface area contributed by atoms with Crippen LogP contribution in [0, 0.1) is 0 Å². The maximum Gasteiger partial charge on any atom is 0.337 e. The van der Waals surface area contributed by atoms with E-state index in [1.54, 1.807) is 43.3 Å². The summed E-state index contributed by atoms with van der Waals surface area (Å²) in [4.78, 5) is 39.4. The second kappa shape index (κ2) is 10.1. The van der Waals surface area contributed by atoms with Crippen LogP contribution in [0.25, 0.3) is 0 Å². The average Bonchev–Trinajstić information content (AvgIpc) is 2.77. The fourth-order valence-corrected chi connectivity index (χ4v) is 3.83. The summed E-state index contributed by atoms with van der Waals surface area (Å²) < 4.78 is 4.98. The molecule has 1 atom stereocenters. The van der Waals surface area contributed by atoms with Gasteiger partial charge in [-0.05, 0) is 49.2 Å². The molecule has 0 saturated carbocycles. The number of methoxy groups -OCH3 is 1. The Labute approximate surface area is 196 Å². The third-order valence-electron chi connectivity index (χ3n) is 5.11. The fourth-order valence-electron chi connectivity index (χ4n) is 3.54. The van der Waals surface area contributed by atoms with Crippen LogP contribution in [0.5, 0.6) is 0 Å². The van der Waals surface area contributed by atoms with E-state index in [-0.39, 0.29) is 17.0 Å². The molecule has 2 aromatic rings. The van der Waals surface area contributed by atoms with Gasteiger partial charge in [0, 0.05) is 23.5 Å². The van der Waals surface area contributed by atoms with E-state index in [0.717, 1.165) is 6.42 Å². The van der Waals surface area contributed by atoms with Crippen molar-refractivity contribution < 1.29 is 19.1 Å². The van der Waals surface area contributed by atoms with Gasteiger partial charge in [-0.1, -0.05) is 42.3 Å². The van der Waals surface area contributed by atoms with Gasteiger partial charge in [0.15, 0.2) is 0 Å². The number of amides is 3. The highest BCUT2D eigenvalue weighted by atomic mass is 35.5. The summed E-state index contributed by atoms with van der Waals surface area (Å²) in [6, 6.07) is 10.5. The molecule has 32 heavy (non-hydrogen) atoms. The smallest absolute Gasteiger partial charge is 0.337 e. The molecule has 0 radical (unpaired) electrons. The largest absolute Gasteiger partial charge is 0.466 e. The van der Waals surface area contributed by atoms with Crippen molar-refractivity contribution in [2.75, 3.05) is 19.0 Å². The molecule has 7 nitrogen and oxygen atoms in total. The summed E-state index contributed by atoms with van der Waals surface area (Å²) in [5.41, 5.74) is 2.34. The van der Waals surface area contributed by atoms with Crippen molar-refractivity contribution in [2.24, 2.45) is 0 Å². The van der Waals surface area contributed by atoms with E-state index in [1.165, 1.54) is 18.1 Å². The van der Waals surface area contributed by atoms with E-state index in [2.05, 4.69) is 10.6 Å². The molecule has 0 aromatic heterocycles. The molecule has 9 heteroatoms. The molecule has 0 saturated heterocycles. The Hall–Kier alpha value is -3.03. The lowest BCUT2D eigenvalue weighted by atomic mass is 9.94. The lowest BCUT2D eigenvalue weighted by molar-refractivity contribution is -0.136. The Morgan fingerprint density at radius 3 is 2.56 bits per heavy atom. The average molecular weight is 476 g/mol. The highest BCUT2D eigenvalue weighted by molar-refractivity contribution is 6.42. The van der Waals surface area contributed by atoms with Crippen LogP contribution in [0.15, 0.2) is 53.7 Å². The van der Waals surface area contributed by atoms with Crippen LogP contribution in [0.3, 0.4) is 0 Å². The van der Waals surface area contributed by atoms with Crippen molar-refractivity contribution in [3.05, 3.63) is 74.9 Å². The van der Waals surface area contributed by atoms with Gasteiger partial charge >= 0.3 is 12.0 Å². The van der Waals surface area contributed by atoms with Crippen molar-refractivity contribution in [3.63, 3.8) is 0 Å². The van der Waals surface area contributed by atoms with Crippen molar-refractivity contribution in [1.29, 1.82) is 0 Å². The second-order valence-corrected chi connectivity index (χ2v) is 8.05. The molecule has 1 heterocycles. The number of hydrogen-bond donors (Lipinski definition) is 2. The molecule has 0 unspecified atom stereocenters. The zero-order valence-electron chi connectivity index (χ0n) is 17.9. The van der Waals surface area contributed by atoms with Crippen LogP contribution in [0.1, 0.15) is 42.2 Å². The van der Waals surface area contributed by atoms with Crippen LogP contribution in [0.2, 0.25) is 10.0 Å². The van der Waals surface area contributed by atoms with Crippen molar-refractivity contribution in [3.8, 4) is 0 Å². The Morgan fingerprint density at radius 2 is 1.91 bits per heavy atom. The molecule has 0 spiro atoms. The predicted molar refractivity (Wildman–Crippen MR) is 124 cm³/mol. The molecule has 0 fully saturated rings. The number of hydrogen-bond acceptors (Lipinski definition) is 4. The van der Waals surface area contributed by atoms with E-state index < -0.39 is 12.0 Å². The summed E-state index contributed by atoms with van der Waals surface area (Å²) in [5.74, 6) is -0.902. The molecule has 168 valence electrons. The molecule has 1 aliphatic rings. The number of carbonyl (C=O) groups is 3. The van der Waals surface area contributed by atoms with E-state index in [9.17, 15) is 14.4 Å². The summed E-state index contributed by atoms with van der Waals surface area (Å²) in [7, 11) is 1.30. The Morgan fingerprint density at radius 1 is 1.16 bits per heavy atom. The van der Waals surface area contributed by atoms with E-state index in [1.807, 2.05) is 6.92 Å². The molecule has 3 amide bonds. The first kappa shape index (κ1) is 23.6. The standard InChI is InChI=1S/C23H23Cl2N3O4/c1-4-10-28-13(2)19(22(30)32-3)20(27-23(28)31)14-6-5-7-16(11-14)26-21(29)15-8-9-17(24)18(25)12-15/h5-9,11-12,20H,4,10H2,1-3H3,(H,26,29)(H,27,31)/t20-/m0/s1.